The van der Waals surface area contributed by atoms with Gasteiger partial charge in [0.15, 0.2) is 5.82 Å². The lowest BCUT2D eigenvalue weighted by Gasteiger charge is -2.28. The number of aromatic nitrogens is 4. The van der Waals surface area contributed by atoms with Gasteiger partial charge < -0.3 is 9.47 Å². The SMILES string of the molecule is N#CC(c1nnc2n1CCCCC2)=c1sc(=Cc2ccc(N3CCCCC3)c([N+](=O)[O-])c2)c(=O)n1-c1ccc(F)cc1. The van der Waals surface area contributed by atoms with Crippen LogP contribution in [0, 0.1) is 27.3 Å². The van der Waals surface area contributed by atoms with Crippen LogP contribution in [0.2, 0.25) is 0 Å². The fourth-order valence-electron chi connectivity index (χ4n) is 5.67. The first-order valence-electron chi connectivity index (χ1n) is 14.0. The number of anilines is 1. The number of halogens is 1. The van der Waals surface area contributed by atoms with Gasteiger partial charge >= 0.3 is 0 Å². The van der Waals surface area contributed by atoms with Crippen LogP contribution < -0.4 is 19.7 Å². The minimum Gasteiger partial charge on any atom is -0.366 e. The van der Waals surface area contributed by atoms with Crippen molar-refractivity contribution < 1.29 is 9.31 Å². The number of thiazole rings is 1. The number of hydrogen-bond donors (Lipinski definition) is 0. The molecule has 2 aromatic heterocycles. The van der Waals surface area contributed by atoms with E-state index < -0.39 is 16.3 Å². The minimum atomic E-state index is -0.455. The Labute approximate surface area is 244 Å². The molecule has 2 aromatic carbocycles. The normalized spacial score (nSPS) is 16.5. The van der Waals surface area contributed by atoms with Gasteiger partial charge in [0.05, 0.1) is 15.1 Å². The van der Waals surface area contributed by atoms with Crippen molar-refractivity contribution in [1.82, 2.24) is 19.3 Å². The first-order valence-corrected chi connectivity index (χ1v) is 14.9. The van der Waals surface area contributed by atoms with Crippen LogP contribution in [-0.4, -0.2) is 37.3 Å². The van der Waals surface area contributed by atoms with E-state index in [4.69, 9.17) is 0 Å². The second-order valence-electron chi connectivity index (χ2n) is 10.5. The van der Waals surface area contributed by atoms with Crippen LogP contribution in [-0.2, 0) is 13.0 Å². The predicted molar refractivity (Wildman–Crippen MR) is 158 cm³/mol. The van der Waals surface area contributed by atoms with Gasteiger partial charge in [-0.25, -0.2) is 4.39 Å². The molecule has 0 N–H and O–H groups in total. The fourth-order valence-corrected chi connectivity index (χ4v) is 6.77. The van der Waals surface area contributed by atoms with E-state index >= 15 is 0 Å². The first kappa shape index (κ1) is 27.5. The largest absolute Gasteiger partial charge is 0.366 e. The Morgan fingerprint density at radius 2 is 1.76 bits per heavy atom. The van der Waals surface area contributed by atoms with Crippen molar-refractivity contribution in [3.63, 3.8) is 0 Å². The Morgan fingerprint density at radius 3 is 2.50 bits per heavy atom. The molecule has 0 radical (unpaired) electrons. The number of nitro benzene ring substituents is 1. The first-order chi connectivity index (χ1) is 20.4. The maximum absolute atomic E-state index is 13.9. The van der Waals surface area contributed by atoms with Crippen LogP contribution in [0.15, 0.2) is 47.3 Å². The highest BCUT2D eigenvalue weighted by Gasteiger charge is 2.23. The zero-order chi connectivity index (χ0) is 29.2. The Hall–Kier alpha value is -4.63. The molecule has 0 amide bonds. The molecule has 1 saturated heterocycles. The maximum Gasteiger partial charge on any atom is 0.293 e. The van der Waals surface area contributed by atoms with Gasteiger partial charge in [-0.3, -0.25) is 19.5 Å². The van der Waals surface area contributed by atoms with Gasteiger partial charge in [0.1, 0.15) is 33.6 Å². The summed E-state index contributed by atoms with van der Waals surface area (Å²) in [5, 5.41) is 31.0. The molecular weight excluding hydrogens is 557 g/mol. The molecule has 12 heteroatoms. The monoisotopic (exact) mass is 585 g/mol. The molecule has 0 unspecified atom stereocenters. The maximum atomic E-state index is 13.9. The molecule has 42 heavy (non-hydrogen) atoms. The van der Waals surface area contributed by atoms with Crippen LogP contribution in [0.3, 0.4) is 0 Å². The number of nitrogens with zero attached hydrogens (tertiary/aromatic N) is 7. The van der Waals surface area contributed by atoms with Crippen LogP contribution >= 0.6 is 11.3 Å². The highest BCUT2D eigenvalue weighted by atomic mass is 32.1. The number of benzene rings is 2. The Bertz CT molecular complexity index is 1880. The molecule has 1 fully saturated rings. The number of hydrogen-bond acceptors (Lipinski definition) is 8. The van der Waals surface area contributed by atoms with Gasteiger partial charge in [0.25, 0.3) is 11.2 Å². The number of nitro groups is 1. The van der Waals surface area contributed by atoms with Crippen LogP contribution in [0.5, 0.6) is 0 Å². The smallest absolute Gasteiger partial charge is 0.293 e. The molecule has 0 saturated carbocycles. The van der Waals surface area contributed by atoms with E-state index in [0.29, 0.717) is 34.0 Å². The predicted octanol–water partition coefficient (Wildman–Crippen LogP) is 3.81. The van der Waals surface area contributed by atoms with E-state index in [1.54, 1.807) is 18.2 Å². The molecular formula is C30H28FN7O3S. The van der Waals surface area contributed by atoms with Gasteiger partial charge in [0, 0.05) is 32.1 Å². The van der Waals surface area contributed by atoms with Gasteiger partial charge in [0.2, 0.25) is 0 Å². The molecule has 4 aromatic rings. The third kappa shape index (κ3) is 5.23. The molecule has 10 nitrogen and oxygen atoms in total. The van der Waals surface area contributed by atoms with Gasteiger partial charge in [-0.2, -0.15) is 5.26 Å². The molecule has 0 bridgehead atoms. The topological polar surface area (TPSA) is 123 Å². The average molecular weight is 586 g/mol. The summed E-state index contributed by atoms with van der Waals surface area (Å²) in [5.41, 5.74) is 1.20. The lowest BCUT2D eigenvalue weighted by Crippen LogP contribution is -2.31. The van der Waals surface area contributed by atoms with Crippen LogP contribution in [0.1, 0.15) is 55.7 Å². The summed E-state index contributed by atoms with van der Waals surface area (Å²) in [5.74, 6) is 0.735. The van der Waals surface area contributed by atoms with Crippen molar-refractivity contribution in [3.05, 3.63) is 95.2 Å². The van der Waals surface area contributed by atoms with Gasteiger partial charge in [-0.05, 0) is 74.1 Å². The second kappa shape index (κ2) is 11.7. The molecule has 2 aliphatic heterocycles. The van der Waals surface area contributed by atoms with Gasteiger partial charge in [-0.1, -0.05) is 12.5 Å². The van der Waals surface area contributed by atoms with Gasteiger partial charge in [-0.15, -0.1) is 21.5 Å². The van der Waals surface area contributed by atoms with E-state index in [2.05, 4.69) is 16.3 Å². The Morgan fingerprint density at radius 1 is 1.02 bits per heavy atom. The minimum absolute atomic E-state index is 0.0169. The lowest BCUT2D eigenvalue weighted by atomic mass is 10.1. The van der Waals surface area contributed by atoms with E-state index in [-0.39, 0.29) is 15.8 Å². The summed E-state index contributed by atoms with van der Waals surface area (Å²) >= 11 is 1.09. The third-order valence-electron chi connectivity index (χ3n) is 7.76. The third-order valence-corrected chi connectivity index (χ3v) is 8.85. The highest BCUT2D eigenvalue weighted by molar-refractivity contribution is 7.07. The standard InChI is InChI=1S/C30H28FN7O3S/c31-21-9-11-22(12-10-21)37-29(39)26(18-20-8-13-24(25(17-20)38(40)41)35-14-4-2-5-15-35)42-30(37)23(19-32)28-34-33-27-7-3-1-6-16-36(27)28/h8-13,17-18H,1-7,14-16H2. The quantitative estimate of drug-likeness (QED) is 0.258. The number of fused-ring (bicyclic) bond motifs is 1. The zero-order valence-corrected chi connectivity index (χ0v) is 23.6. The van der Waals surface area contributed by atoms with Crippen molar-refractivity contribution >= 4 is 34.4 Å². The van der Waals surface area contributed by atoms with E-state index in [1.807, 2.05) is 9.47 Å². The summed E-state index contributed by atoms with van der Waals surface area (Å²) < 4.78 is 17.7. The van der Waals surface area contributed by atoms with Crippen molar-refractivity contribution in [2.24, 2.45) is 0 Å². The summed E-state index contributed by atoms with van der Waals surface area (Å²) in [7, 11) is 0. The second-order valence-corrected chi connectivity index (χ2v) is 11.5. The molecule has 0 spiro atoms. The van der Waals surface area contributed by atoms with Crippen molar-refractivity contribution in [2.75, 3.05) is 18.0 Å². The molecule has 0 aliphatic carbocycles. The van der Waals surface area contributed by atoms with Crippen molar-refractivity contribution in [2.45, 2.75) is 51.5 Å². The Kier molecular flexibility index (Phi) is 7.67. The molecule has 6 rings (SSSR count). The van der Waals surface area contributed by atoms with E-state index in [9.17, 15) is 24.6 Å². The summed E-state index contributed by atoms with van der Waals surface area (Å²) in [6.45, 7) is 2.19. The highest BCUT2D eigenvalue weighted by Crippen LogP contribution is 2.31. The molecule has 0 atom stereocenters. The summed E-state index contributed by atoms with van der Waals surface area (Å²) in [6, 6.07) is 12.7. The lowest BCUT2D eigenvalue weighted by molar-refractivity contribution is -0.384. The number of rotatable bonds is 5. The van der Waals surface area contributed by atoms with Crippen LogP contribution in [0.25, 0.3) is 17.3 Å². The molecule has 4 heterocycles. The van der Waals surface area contributed by atoms with Crippen LogP contribution in [0.4, 0.5) is 15.8 Å². The van der Waals surface area contributed by atoms with E-state index in [0.717, 1.165) is 75.2 Å². The van der Waals surface area contributed by atoms with Crippen molar-refractivity contribution in [1.29, 1.82) is 5.26 Å². The van der Waals surface area contributed by atoms with E-state index in [1.165, 1.54) is 34.9 Å². The molecule has 214 valence electrons. The fraction of sp³-hybridized carbons (Fsp3) is 0.333. The number of nitriles is 1. The van der Waals surface area contributed by atoms with Crippen molar-refractivity contribution in [3.8, 4) is 11.8 Å². The average Bonchev–Trinajstić information content (AvgIpc) is 3.44. The summed E-state index contributed by atoms with van der Waals surface area (Å²) in [6.07, 6.45) is 8.40. The molecule has 2 aliphatic rings. The zero-order valence-electron chi connectivity index (χ0n) is 22.8. The Balaban J connectivity index is 1.56. The number of piperidine rings is 1. The number of aryl methyl sites for hydroxylation is 1. The summed E-state index contributed by atoms with van der Waals surface area (Å²) in [4.78, 5) is 27.6.